The Morgan fingerprint density at radius 1 is 1.47 bits per heavy atom. The Kier molecular flexibility index (Phi) is 6.23. The predicted molar refractivity (Wildman–Crippen MR) is 61.6 cm³/mol. The molecule has 90 valence electrons. The van der Waals surface area contributed by atoms with Crippen molar-refractivity contribution < 1.29 is 18.3 Å². The average Bonchev–Trinajstić information content (AvgIpc) is 2.11. The highest BCUT2D eigenvalue weighted by atomic mass is 32.2. The lowest BCUT2D eigenvalue weighted by molar-refractivity contribution is -0.139. The van der Waals surface area contributed by atoms with E-state index in [0.29, 0.717) is 12.2 Å². The Balaban J connectivity index is 4.48. The summed E-state index contributed by atoms with van der Waals surface area (Å²) in [7, 11) is -3.51. The quantitative estimate of drug-likeness (QED) is 0.693. The van der Waals surface area contributed by atoms with Crippen molar-refractivity contribution in [2.45, 2.75) is 31.6 Å². The normalized spacial score (nSPS) is 14.1. The van der Waals surface area contributed by atoms with Crippen molar-refractivity contribution in [1.82, 2.24) is 4.72 Å². The summed E-state index contributed by atoms with van der Waals surface area (Å²) in [6, 6.07) is -1.02. The molecule has 15 heavy (non-hydrogen) atoms. The Bertz CT molecular complexity index is 300. The van der Waals surface area contributed by atoms with Crippen molar-refractivity contribution >= 4 is 27.8 Å². The van der Waals surface area contributed by atoms with E-state index in [0.717, 1.165) is 0 Å². The summed E-state index contributed by atoms with van der Waals surface area (Å²) in [6.07, 6.45) is 2.14. The molecule has 5 nitrogen and oxygen atoms in total. The number of sulfonamides is 1. The van der Waals surface area contributed by atoms with Crippen LogP contribution in [0.5, 0.6) is 0 Å². The van der Waals surface area contributed by atoms with Crippen LogP contribution in [0, 0.1) is 0 Å². The zero-order valence-electron chi connectivity index (χ0n) is 9.06. The Labute approximate surface area is 94.7 Å². The van der Waals surface area contributed by atoms with Crippen LogP contribution in [-0.4, -0.2) is 42.8 Å². The van der Waals surface area contributed by atoms with Gasteiger partial charge in [-0.05, 0) is 32.3 Å². The van der Waals surface area contributed by atoms with E-state index in [1.165, 1.54) is 25.6 Å². The summed E-state index contributed by atoms with van der Waals surface area (Å²) in [4.78, 5) is 10.8. The van der Waals surface area contributed by atoms with E-state index in [-0.39, 0.29) is 0 Å². The van der Waals surface area contributed by atoms with Gasteiger partial charge in [0, 0.05) is 0 Å². The number of aliphatic carboxylic acids is 1. The van der Waals surface area contributed by atoms with E-state index in [1.807, 2.05) is 6.26 Å². The van der Waals surface area contributed by atoms with Gasteiger partial charge in [-0.25, -0.2) is 13.1 Å². The molecule has 0 bridgehead atoms. The minimum atomic E-state index is -3.51. The molecule has 0 spiro atoms. The summed E-state index contributed by atoms with van der Waals surface area (Å²) in [6.45, 7) is 3.02. The first-order valence-electron chi connectivity index (χ1n) is 4.54. The topological polar surface area (TPSA) is 83.5 Å². The van der Waals surface area contributed by atoms with Gasteiger partial charge in [-0.3, -0.25) is 4.79 Å². The van der Waals surface area contributed by atoms with Gasteiger partial charge in [0.05, 0.1) is 5.25 Å². The third kappa shape index (κ3) is 5.39. The molecule has 0 heterocycles. The summed E-state index contributed by atoms with van der Waals surface area (Å²) in [5.41, 5.74) is 0. The second-order valence-electron chi connectivity index (χ2n) is 3.38. The average molecular weight is 255 g/mol. The molecule has 0 saturated carbocycles. The molecular formula is C8H17NO4S2. The van der Waals surface area contributed by atoms with Crippen LogP contribution in [0.25, 0.3) is 0 Å². The van der Waals surface area contributed by atoms with Gasteiger partial charge in [0.1, 0.15) is 6.04 Å². The second-order valence-corrected chi connectivity index (χ2v) is 6.64. The predicted octanol–water partition coefficient (Wildman–Crippen LogP) is 0.520. The van der Waals surface area contributed by atoms with Gasteiger partial charge in [0.25, 0.3) is 0 Å². The van der Waals surface area contributed by atoms with Gasteiger partial charge in [-0.2, -0.15) is 11.8 Å². The van der Waals surface area contributed by atoms with Crippen LogP contribution in [0.3, 0.4) is 0 Å². The number of carbonyl (C=O) groups is 1. The summed E-state index contributed by atoms with van der Waals surface area (Å²) >= 11 is 1.48. The number of rotatable bonds is 7. The van der Waals surface area contributed by atoms with E-state index in [4.69, 9.17) is 5.11 Å². The Morgan fingerprint density at radius 2 is 2.00 bits per heavy atom. The molecule has 0 aliphatic rings. The molecule has 0 aromatic heterocycles. The Morgan fingerprint density at radius 3 is 2.33 bits per heavy atom. The SMILES string of the molecule is CSCC[C@H](NS(=O)(=O)C(C)C)C(=O)O. The van der Waals surface area contributed by atoms with Crippen LogP contribution >= 0.6 is 11.8 Å². The molecule has 0 saturated heterocycles. The minimum absolute atomic E-state index is 0.294. The van der Waals surface area contributed by atoms with E-state index < -0.39 is 27.3 Å². The van der Waals surface area contributed by atoms with Crippen molar-refractivity contribution in [3.8, 4) is 0 Å². The van der Waals surface area contributed by atoms with Crippen LogP contribution in [0.15, 0.2) is 0 Å². The first-order chi connectivity index (χ1) is 6.81. The third-order valence-corrected chi connectivity index (χ3v) is 4.33. The van der Waals surface area contributed by atoms with E-state index in [2.05, 4.69) is 4.72 Å². The smallest absolute Gasteiger partial charge is 0.321 e. The van der Waals surface area contributed by atoms with Crippen LogP contribution in [0.1, 0.15) is 20.3 Å². The summed E-state index contributed by atoms with van der Waals surface area (Å²) in [5.74, 6) is -0.523. The number of hydrogen-bond donors (Lipinski definition) is 2. The maximum absolute atomic E-state index is 11.4. The summed E-state index contributed by atoms with van der Waals surface area (Å²) in [5, 5.41) is 8.19. The Hall–Kier alpha value is -0.270. The van der Waals surface area contributed by atoms with Crippen LogP contribution in [0.2, 0.25) is 0 Å². The second kappa shape index (κ2) is 6.34. The van der Waals surface area contributed by atoms with E-state index in [9.17, 15) is 13.2 Å². The highest BCUT2D eigenvalue weighted by Crippen LogP contribution is 2.05. The third-order valence-electron chi connectivity index (χ3n) is 1.84. The van der Waals surface area contributed by atoms with Gasteiger partial charge in [-0.15, -0.1) is 0 Å². The number of thioether (sulfide) groups is 1. The van der Waals surface area contributed by atoms with Crippen molar-refractivity contribution in [3.63, 3.8) is 0 Å². The first kappa shape index (κ1) is 14.7. The van der Waals surface area contributed by atoms with E-state index >= 15 is 0 Å². The van der Waals surface area contributed by atoms with Gasteiger partial charge in [-0.1, -0.05) is 0 Å². The monoisotopic (exact) mass is 255 g/mol. The number of nitrogens with one attached hydrogen (secondary N) is 1. The van der Waals surface area contributed by atoms with Crippen molar-refractivity contribution in [1.29, 1.82) is 0 Å². The lowest BCUT2D eigenvalue weighted by atomic mass is 10.2. The number of carboxylic acids is 1. The molecule has 7 heteroatoms. The number of hydrogen-bond acceptors (Lipinski definition) is 4. The lowest BCUT2D eigenvalue weighted by Crippen LogP contribution is -2.44. The van der Waals surface area contributed by atoms with Gasteiger partial charge in [0.2, 0.25) is 10.0 Å². The zero-order valence-corrected chi connectivity index (χ0v) is 10.7. The molecule has 0 amide bonds. The van der Waals surface area contributed by atoms with Crippen LogP contribution in [-0.2, 0) is 14.8 Å². The maximum Gasteiger partial charge on any atom is 0.321 e. The van der Waals surface area contributed by atoms with Gasteiger partial charge < -0.3 is 5.11 Å². The van der Waals surface area contributed by atoms with Gasteiger partial charge in [0.15, 0.2) is 0 Å². The highest BCUT2D eigenvalue weighted by Gasteiger charge is 2.25. The maximum atomic E-state index is 11.4. The van der Waals surface area contributed by atoms with Crippen LogP contribution in [0.4, 0.5) is 0 Å². The fourth-order valence-corrected chi connectivity index (χ4v) is 2.16. The van der Waals surface area contributed by atoms with Crippen molar-refractivity contribution in [2.75, 3.05) is 12.0 Å². The van der Waals surface area contributed by atoms with Crippen molar-refractivity contribution in [3.05, 3.63) is 0 Å². The molecule has 1 atom stereocenters. The fraction of sp³-hybridized carbons (Fsp3) is 0.875. The lowest BCUT2D eigenvalue weighted by Gasteiger charge is -2.15. The van der Waals surface area contributed by atoms with Crippen LogP contribution < -0.4 is 4.72 Å². The van der Waals surface area contributed by atoms with Crippen molar-refractivity contribution in [2.24, 2.45) is 0 Å². The molecule has 0 rings (SSSR count). The number of carboxylic acid groups (broad SMARTS) is 1. The largest absolute Gasteiger partial charge is 0.480 e. The molecule has 0 aliphatic heterocycles. The standard InChI is InChI=1S/C8H17NO4S2/c1-6(2)15(12,13)9-7(8(10)11)4-5-14-3/h6-7,9H,4-5H2,1-3H3,(H,10,11)/t7-/m0/s1. The molecule has 0 radical (unpaired) electrons. The molecule has 0 aromatic carbocycles. The van der Waals surface area contributed by atoms with E-state index in [1.54, 1.807) is 0 Å². The zero-order chi connectivity index (χ0) is 12.1. The highest BCUT2D eigenvalue weighted by molar-refractivity contribution is 7.98. The molecular weight excluding hydrogens is 238 g/mol. The molecule has 0 aromatic rings. The van der Waals surface area contributed by atoms with Gasteiger partial charge >= 0.3 is 5.97 Å². The molecule has 0 aliphatic carbocycles. The first-order valence-corrected chi connectivity index (χ1v) is 7.48. The molecule has 0 fully saturated rings. The molecule has 0 unspecified atom stereocenters. The minimum Gasteiger partial charge on any atom is -0.480 e. The fourth-order valence-electron chi connectivity index (χ4n) is 0.803. The molecule has 2 N–H and O–H groups in total. The summed E-state index contributed by atoms with van der Waals surface area (Å²) < 4.78 is 25.0.